The summed E-state index contributed by atoms with van der Waals surface area (Å²) in [6.07, 6.45) is 5.01. The molecular weight excluding hydrogens is 346 g/mol. The van der Waals surface area contributed by atoms with Gasteiger partial charge < -0.3 is 4.74 Å². The number of hydrogen-bond acceptors (Lipinski definition) is 3. The predicted molar refractivity (Wildman–Crippen MR) is 102 cm³/mol. The molecule has 0 saturated heterocycles. The zero-order chi connectivity index (χ0) is 18.1. The van der Waals surface area contributed by atoms with E-state index in [0.29, 0.717) is 18.0 Å². The fourth-order valence-corrected chi connectivity index (χ4v) is 5.22. The van der Waals surface area contributed by atoms with Gasteiger partial charge in [0.05, 0.1) is 17.6 Å². The lowest BCUT2D eigenvalue weighted by atomic mass is 9.92. The third kappa shape index (κ3) is 3.43. The number of nitrogens with zero attached hydrogens (tertiary/aromatic N) is 1. The van der Waals surface area contributed by atoms with Crippen LogP contribution in [0.15, 0.2) is 47.4 Å². The first kappa shape index (κ1) is 17.7. The molecule has 0 amide bonds. The van der Waals surface area contributed by atoms with Crippen LogP contribution in [0.1, 0.15) is 35.1 Å². The molecule has 0 aromatic heterocycles. The Labute approximate surface area is 155 Å². The van der Waals surface area contributed by atoms with Gasteiger partial charge in [-0.3, -0.25) is 0 Å². The van der Waals surface area contributed by atoms with Crippen LogP contribution in [0.2, 0.25) is 0 Å². The number of ether oxygens (including phenoxy) is 1. The van der Waals surface area contributed by atoms with Gasteiger partial charge in [-0.15, -0.1) is 0 Å². The van der Waals surface area contributed by atoms with E-state index >= 15 is 0 Å². The topological polar surface area (TPSA) is 46.6 Å². The second-order valence-corrected chi connectivity index (χ2v) is 9.37. The second kappa shape index (κ2) is 7.14. The molecule has 1 heterocycles. The highest BCUT2D eigenvalue weighted by Gasteiger charge is 2.27. The molecule has 1 aliphatic heterocycles. The van der Waals surface area contributed by atoms with Crippen molar-refractivity contribution in [2.75, 3.05) is 13.6 Å². The minimum absolute atomic E-state index is 0.109. The maximum Gasteiger partial charge on any atom is 0.242 e. The van der Waals surface area contributed by atoms with Crippen molar-refractivity contribution < 1.29 is 13.2 Å². The molecule has 1 atom stereocenters. The van der Waals surface area contributed by atoms with Crippen molar-refractivity contribution in [3.63, 3.8) is 0 Å². The number of rotatable bonds is 4. The van der Waals surface area contributed by atoms with Crippen LogP contribution in [-0.2, 0) is 40.6 Å². The number of fused-ring (bicyclic) bond motifs is 2. The van der Waals surface area contributed by atoms with Crippen LogP contribution in [-0.4, -0.2) is 32.4 Å². The Morgan fingerprint density at radius 1 is 1.00 bits per heavy atom. The molecule has 0 fully saturated rings. The zero-order valence-electron chi connectivity index (χ0n) is 15.1. The van der Waals surface area contributed by atoms with Crippen molar-refractivity contribution in [3.8, 4) is 0 Å². The van der Waals surface area contributed by atoms with E-state index in [2.05, 4.69) is 12.1 Å². The van der Waals surface area contributed by atoms with Gasteiger partial charge >= 0.3 is 0 Å². The van der Waals surface area contributed by atoms with E-state index in [1.165, 1.54) is 33.0 Å². The van der Waals surface area contributed by atoms with Crippen LogP contribution < -0.4 is 0 Å². The monoisotopic (exact) mass is 371 g/mol. The number of aryl methyl sites for hydroxylation is 2. The Morgan fingerprint density at radius 2 is 1.73 bits per heavy atom. The molecule has 26 heavy (non-hydrogen) atoms. The first-order valence-electron chi connectivity index (χ1n) is 9.30. The molecule has 0 saturated carbocycles. The lowest BCUT2D eigenvalue weighted by Crippen LogP contribution is -2.38. The molecule has 2 aromatic rings. The first-order valence-corrected chi connectivity index (χ1v) is 10.7. The molecule has 4 rings (SSSR count). The summed E-state index contributed by atoms with van der Waals surface area (Å²) in [4.78, 5) is 0.400. The SMILES string of the molecule is CN(CC1Cc2ccccc2CO1)S(=O)(=O)c1ccc2c(c1)CCCC2. The summed E-state index contributed by atoms with van der Waals surface area (Å²) in [6.45, 7) is 0.918. The standard InChI is InChI=1S/C21H25NO3S/c1-22(14-20-12-17-7-4-5-9-19(17)15-25-20)26(23,24)21-11-10-16-6-2-3-8-18(16)13-21/h4-5,7,9-11,13,20H,2-3,6,8,12,14-15H2,1H3. The normalized spacial score (nSPS) is 19.8. The van der Waals surface area contributed by atoms with Crippen molar-refractivity contribution in [2.45, 2.75) is 49.7 Å². The molecule has 0 N–H and O–H groups in total. The van der Waals surface area contributed by atoms with E-state index in [9.17, 15) is 8.42 Å². The highest BCUT2D eigenvalue weighted by Crippen LogP contribution is 2.26. The van der Waals surface area contributed by atoms with Gasteiger partial charge in [0.2, 0.25) is 10.0 Å². The summed E-state index contributed by atoms with van der Waals surface area (Å²) in [5.41, 5.74) is 4.94. The van der Waals surface area contributed by atoms with E-state index in [4.69, 9.17) is 4.74 Å². The predicted octanol–water partition coefficient (Wildman–Crippen LogP) is 3.33. The third-order valence-corrected chi connectivity index (χ3v) is 7.35. The lowest BCUT2D eigenvalue weighted by Gasteiger charge is -2.29. The first-order chi connectivity index (χ1) is 12.5. The molecule has 0 radical (unpaired) electrons. The zero-order valence-corrected chi connectivity index (χ0v) is 16.0. The van der Waals surface area contributed by atoms with E-state index in [1.807, 2.05) is 24.3 Å². The number of likely N-dealkylation sites (N-methyl/N-ethyl adjacent to an activating group) is 1. The largest absolute Gasteiger partial charge is 0.372 e. The van der Waals surface area contributed by atoms with Gasteiger partial charge in [0.1, 0.15) is 0 Å². The van der Waals surface area contributed by atoms with E-state index in [-0.39, 0.29) is 6.10 Å². The minimum atomic E-state index is -3.50. The fourth-order valence-electron chi connectivity index (χ4n) is 3.96. The van der Waals surface area contributed by atoms with Crippen molar-refractivity contribution in [3.05, 3.63) is 64.7 Å². The molecule has 2 aliphatic rings. The lowest BCUT2D eigenvalue weighted by molar-refractivity contribution is 0.0202. The Balaban J connectivity index is 1.50. The number of benzene rings is 2. The molecule has 138 valence electrons. The van der Waals surface area contributed by atoms with Crippen molar-refractivity contribution >= 4 is 10.0 Å². The van der Waals surface area contributed by atoms with E-state index in [0.717, 1.165) is 25.7 Å². The molecule has 5 heteroatoms. The Hall–Kier alpha value is -1.69. The van der Waals surface area contributed by atoms with Gasteiger partial charge in [-0.25, -0.2) is 8.42 Å². The van der Waals surface area contributed by atoms with Crippen LogP contribution in [0.4, 0.5) is 0 Å². The van der Waals surface area contributed by atoms with Gasteiger partial charge in [0, 0.05) is 20.0 Å². The molecular formula is C21H25NO3S. The Morgan fingerprint density at radius 3 is 2.54 bits per heavy atom. The summed E-state index contributed by atoms with van der Waals surface area (Å²) < 4.78 is 33.3. The van der Waals surface area contributed by atoms with Crippen LogP contribution in [0.25, 0.3) is 0 Å². The summed E-state index contributed by atoms with van der Waals surface area (Å²) in [7, 11) is -1.84. The van der Waals surface area contributed by atoms with Crippen LogP contribution in [0.5, 0.6) is 0 Å². The van der Waals surface area contributed by atoms with Crippen LogP contribution in [0.3, 0.4) is 0 Å². The summed E-state index contributed by atoms with van der Waals surface area (Å²) in [5.74, 6) is 0. The number of sulfonamides is 1. The number of hydrogen-bond donors (Lipinski definition) is 0. The van der Waals surface area contributed by atoms with Gasteiger partial charge in [-0.1, -0.05) is 30.3 Å². The van der Waals surface area contributed by atoms with Crippen molar-refractivity contribution in [1.82, 2.24) is 4.31 Å². The molecule has 1 unspecified atom stereocenters. The highest BCUT2D eigenvalue weighted by atomic mass is 32.2. The third-order valence-electron chi connectivity index (χ3n) is 5.53. The summed E-state index contributed by atoms with van der Waals surface area (Å²) in [5, 5.41) is 0. The van der Waals surface area contributed by atoms with Crippen LogP contribution in [0, 0.1) is 0 Å². The Bertz CT molecular complexity index is 907. The fraction of sp³-hybridized carbons (Fsp3) is 0.429. The summed E-state index contributed by atoms with van der Waals surface area (Å²) in [6, 6.07) is 13.8. The van der Waals surface area contributed by atoms with Crippen molar-refractivity contribution in [1.29, 1.82) is 0 Å². The quantitative estimate of drug-likeness (QED) is 0.828. The second-order valence-electron chi connectivity index (χ2n) is 7.33. The minimum Gasteiger partial charge on any atom is -0.372 e. The Kier molecular flexibility index (Phi) is 4.86. The molecule has 4 nitrogen and oxygen atoms in total. The summed E-state index contributed by atoms with van der Waals surface area (Å²) >= 11 is 0. The van der Waals surface area contributed by atoms with E-state index < -0.39 is 10.0 Å². The van der Waals surface area contributed by atoms with Gasteiger partial charge in [-0.2, -0.15) is 4.31 Å². The van der Waals surface area contributed by atoms with Gasteiger partial charge in [0.25, 0.3) is 0 Å². The average Bonchev–Trinajstić information content (AvgIpc) is 2.67. The van der Waals surface area contributed by atoms with Crippen LogP contribution >= 0.6 is 0 Å². The van der Waals surface area contributed by atoms with E-state index in [1.54, 1.807) is 13.1 Å². The van der Waals surface area contributed by atoms with Crippen molar-refractivity contribution in [2.24, 2.45) is 0 Å². The maximum absolute atomic E-state index is 13.0. The molecule has 2 aromatic carbocycles. The molecule has 0 bridgehead atoms. The average molecular weight is 372 g/mol. The van der Waals surface area contributed by atoms with Gasteiger partial charge in [0.15, 0.2) is 0 Å². The smallest absolute Gasteiger partial charge is 0.242 e. The van der Waals surface area contributed by atoms with Gasteiger partial charge in [-0.05, 0) is 60.1 Å². The maximum atomic E-state index is 13.0. The molecule has 1 aliphatic carbocycles. The molecule has 0 spiro atoms. The highest BCUT2D eigenvalue weighted by molar-refractivity contribution is 7.89.